The van der Waals surface area contributed by atoms with E-state index in [-0.39, 0.29) is 17.5 Å². The summed E-state index contributed by atoms with van der Waals surface area (Å²) in [4.78, 5) is 4.90. The maximum absolute atomic E-state index is 13.3. The van der Waals surface area contributed by atoms with Crippen LogP contribution in [-0.4, -0.2) is 58.0 Å². The van der Waals surface area contributed by atoms with Gasteiger partial charge >= 0.3 is 0 Å². The van der Waals surface area contributed by atoms with Gasteiger partial charge in [0, 0.05) is 38.8 Å². The minimum Gasteiger partial charge on any atom is -0.457 e. The molecule has 1 fully saturated rings. The number of likely N-dealkylation sites (N-methyl/N-ethyl adjacent to an activating group) is 1. The summed E-state index contributed by atoms with van der Waals surface area (Å²) in [6, 6.07) is 34.6. The molecule has 1 N–H and O–H groups in total. The normalized spacial score (nSPS) is 15.7. The number of rotatable bonds is 9. The van der Waals surface area contributed by atoms with Crippen LogP contribution in [0.4, 0.5) is 0 Å². The molecule has 0 spiro atoms. The highest BCUT2D eigenvalue weighted by Crippen LogP contribution is 2.28. The van der Waals surface area contributed by atoms with Crippen molar-refractivity contribution < 1.29 is 13.2 Å². The van der Waals surface area contributed by atoms with E-state index in [1.807, 2.05) is 48.5 Å². The quantitative estimate of drug-likeness (QED) is 0.315. The van der Waals surface area contributed by atoms with Crippen LogP contribution in [0.2, 0.25) is 0 Å². The molecule has 0 aromatic heterocycles. The van der Waals surface area contributed by atoms with Gasteiger partial charge in [0.25, 0.3) is 0 Å². The maximum atomic E-state index is 13.3. The van der Waals surface area contributed by atoms with Crippen LogP contribution in [-0.2, 0) is 10.0 Å². The fraction of sp³-hybridized carbons (Fsp3) is 0.226. The highest BCUT2D eigenvalue weighted by molar-refractivity contribution is 7.89. The Balaban J connectivity index is 1.34. The average Bonchev–Trinajstić information content (AvgIpc) is 2.95. The Kier molecular flexibility index (Phi) is 8.20. The van der Waals surface area contributed by atoms with E-state index in [0.717, 1.165) is 42.9 Å². The molecule has 1 atom stereocenters. The molecule has 1 unspecified atom stereocenters. The molecular weight excluding hydrogens is 494 g/mol. The number of nitrogens with one attached hydrogen (secondary N) is 1. The number of para-hydroxylation sites is 1. The summed E-state index contributed by atoms with van der Waals surface area (Å²) in [5.74, 6) is 1.29. The van der Waals surface area contributed by atoms with Gasteiger partial charge in [0.05, 0.1) is 4.90 Å². The molecule has 1 aliphatic heterocycles. The van der Waals surface area contributed by atoms with E-state index in [4.69, 9.17) is 4.74 Å². The molecule has 4 aromatic rings. The minimum absolute atomic E-state index is 0.0807. The van der Waals surface area contributed by atoms with Crippen molar-refractivity contribution in [2.45, 2.75) is 10.9 Å². The number of hydrogen-bond acceptors (Lipinski definition) is 5. The van der Waals surface area contributed by atoms with Crippen molar-refractivity contribution >= 4 is 10.0 Å². The first-order chi connectivity index (χ1) is 18.5. The smallest absolute Gasteiger partial charge is 0.240 e. The van der Waals surface area contributed by atoms with Crippen molar-refractivity contribution in [3.63, 3.8) is 0 Å². The van der Waals surface area contributed by atoms with Crippen LogP contribution in [0.25, 0.3) is 11.1 Å². The second kappa shape index (κ2) is 11.9. The molecule has 7 heteroatoms. The highest BCUT2D eigenvalue weighted by atomic mass is 32.2. The lowest BCUT2D eigenvalue weighted by molar-refractivity contribution is 0.113. The molecule has 1 saturated heterocycles. The third kappa shape index (κ3) is 6.49. The Morgan fingerprint density at radius 1 is 0.737 bits per heavy atom. The highest BCUT2D eigenvalue weighted by Gasteiger charge is 2.26. The molecule has 6 nitrogen and oxygen atoms in total. The van der Waals surface area contributed by atoms with Crippen molar-refractivity contribution in [3.05, 3.63) is 115 Å². The van der Waals surface area contributed by atoms with Crippen LogP contribution in [0.15, 0.2) is 114 Å². The lowest BCUT2D eigenvalue weighted by atomic mass is 9.98. The van der Waals surface area contributed by atoms with E-state index in [1.54, 1.807) is 24.3 Å². The zero-order valence-electron chi connectivity index (χ0n) is 21.5. The van der Waals surface area contributed by atoms with Gasteiger partial charge < -0.3 is 9.64 Å². The summed E-state index contributed by atoms with van der Waals surface area (Å²) in [7, 11) is -1.59. The maximum Gasteiger partial charge on any atom is 0.240 e. The summed E-state index contributed by atoms with van der Waals surface area (Å²) in [6.07, 6.45) is 0. The van der Waals surface area contributed by atoms with Crippen molar-refractivity contribution in [2.75, 3.05) is 39.8 Å². The van der Waals surface area contributed by atoms with E-state index in [2.05, 4.69) is 58.0 Å². The zero-order chi connectivity index (χ0) is 26.4. The standard InChI is InChI=1S/C31H33N3O3S/c1-33-19-21-34(22-20-33)31(27-12-8-11-26(23-27)25-9-4-2-5-10-25)24-32-38(35,36)30-17-15-29(16-18-30)37-28-13-6-3-7-14-28/h2-18,23,31-32H,19-22,24H2,1H3. The molecule has 1 aliphatic rings. The molecule has 1 heterocycles. The first kappa shape index (κ1) is 26.1. The first-order valence-corrected chi connectivity index (χ1v) is 14.4. The van der Waals surface area contributed by atoms with Gasteiger partial charge in [-0.25, -0.2) is 13.1 Å². The summed E-state index contributed by atoms with van der Waals surface area (Å²) in [5.41, 5.74) is 3.37. The molecule has 5 rings (SSSR count). The van der Waals surface area contributed by atoms with Crippen LogP contribution in [0.5, 0.6) is 11.5 Å². The fourth-order valence-corrected chi connectivity index (χ4v) is 5.77. The van der Waals surface area contributed by atoms with Gasteiger partial charge in [-0.1, -0.05) is 66.7 Å². The molecule has 0 amide bonds. The molecular formula is C31H33N3O3S. The van der Waals surface area contributed by atoms with Gasteiger partial charge in [-0.3, -0.25) is 4.90 Å². The van der Waals surface area contributed by atoms with Crippen LogP contribution in [0.1, 0.15) is 11.6 Å². The van der Waals surface area contributed by atoms with Crippen LogP contribution < -0.4 is 9.46 Å². The minimum atomic E-state index is -3.71. The lowest BCUT2D eigenvalue weighted by Gasteiger charge is -2.38. The van der Waals surface area contributed by atoms with Crippen LogP contribution in [0, 0.1) is 0 Å². The van der Waals surface area contributed by atoms with Gasteiger partial charge in [0.15, 0.2) is 0 Å². The molecule has 38 heavy (non-hydrogen) atoms. The predicted octanol–water partition coefficient (Wildman–Crippen LogP) is 5.41. The zero-order valence-corrected chi connectivity index (χ0v) is 22.3. The van der Waals surface area contributed by atoms with E-state index < -0.39 is 10.0 Å². The van der Waals surface area contributed by atoms with Gasteiger partial charge in [-0.05, 0) is 66.2 Å². The van der Waals surface area contributed by atoms with E-state index >= 15 is 0 Å². The van der Waals surface area contributed by atoms with E-state index in [0.29, 0.717) is 11.5 Å². The van der Waals surface area contributed by atoms with Crippen LogP contribution in [0.3, 0.4) is 0 Å². The lowest BCUT2D eigenvalue weighted by Crippen LogP contribution is -2.48. The average molecular weight is 528 g/mol. The van der Waals surface area contributed by atoms with Gasteiger partial charge in [-0.2, -0.15) is 0 Å². The number of benzene rings is 4. The van der Waals surface area contributed by atoms with Crippen molar-refractivity contribution in [1.29, 1.82) is 0 Å². The largest absolute Gasteiger partial charge is 0.457 e. The van der Waals surface area contributed by atoms with Crippen molar-refractivity contribution in [3.8, 4) is 22.6 Å². The third-order valence-electron chi connectivity index (χ3n) is 6.94. The topological polar surface area (TPSA) is 61.9 Å². The fourth-order valence-electron chi connectivity index (χ4n) is 4.73. The van der Waals surface area contributed by atoms with E-state index in [9.17, 15) is 8.42 Å². The summed E-state index contributed by atoms with van der Waals surface area (Å²) in [6.45, 7) is 3.94. The third-order valence-corrected chi connectivity index (χ3v) is 8.38. The Bertz CT molecular complexity index is 1420. The Morgan fingerprint density at radius 2 is 1.34 bits per heavy atom. The molecule has 4 aromatic carbocycles. The van der Waals surface area contributed by atoms with Crippen molar-refractivity contribution in [1.82, 2.24) is 14.5 Å². The Hall–Kier alpha value is -3.49. The Labute approximate surface area is 225 Å². The first-order valence-electron chi connectivity index (χ1n) is 12.9. The predicted molar refractivity (Wildman–Crippen MR) is 152 cm³/mol. The van der Waals surface area contributed by atoms with Gasteiger partial charge in [0.2, 0.25) is 10.0 Å². The Morgan fingerprint density at radius 3 is 2.03 bits per heavy atom. The van der Waals surface area contributed by atoms with Crippen molar-refractivity contribution in [2.24, 2.45) is 0 Å². The molecule has 196 valence electrons. The number of hydrogen-bond donors (Lipinski definition) is 1. The molecule has 0 bridgehead atoms. The van der Waals surface area contributed by atoms with E-state index in [1.165, 1.54) is 0 Å². The number of piperazine rings is 1. The second-order valence-corrected chi connectivity index (χ2v) is 11.4. The monoisotopic (exact) mass is 527 g/mol. The molecule has 0 radical (unpaired) electrons. The summed E-state index contributed by atoms with van der Waals surface area (Å²) < 4.78 is 35.3. The molecule has 0 aliphatic carbocycles. The van der Waals surface area contributed by atoms with Crippen LogP contribution >= 0.6 is 0 Å². The van der Waals surface area contributed by atoms with Gasteiger partial charge in [-0.15, -0.1) is 0 Å². The summed E-state index contributed by atoms with van der Waals surface area (Å²) >= 11 is 0. The number of sulfonamides is 1. The molecule has 0 saturated carbocycles. The van der Waals surface area contributed by atoms with Gasteiger partial charge in [0.1, 0.15) is 11.5 Å². The number of ether oxygens (including phenoxy) is 1. The number of nitrogens with zero attached hydrogens (tertiary/aromatic N) is 2. The second-order valence-electron chi connectivity index (χ2n) is 9.58. The summed E-state index contributed by atoms with van der Waals surface area (Å²) in [5, 5.41) is 0. The SMILES string of the molecule is CN1CCN(C(CNS(=O)(=O)c2ccc(Oc3ccccc3)cc2)c2cccc(-c3ccccc3)c2)CC1.